The van der Waals surface area contributed by atoms with Gasteiger partial charge in [0, 0.05) is 23.5 Å². The first-order valence-corrected chi connectivity index (χ1v) is 8.71. The molecule has 2 aromatic rings. The molecule has 24 heavy (non-hydrogen) atoms. The van der Waals surface area contributed by atoms with Gasteiger partial charge in [0.05, 0.1) is 22.7 Å². The van der Waals surface area contributed by atoms with Crippen LogP contribution >= 0.6 is 23.2 Å². The van der Waals surface area contributed by atoms with Gasteiger partial charge in [-0.3, -0.25) is 4.21 Å². The van der Waals surface area contributed by atoms with Crippen molar-refractivity contribution in [2.45, 2.75) is 6.42 Å². The highest BCUT2D eigenvalue weighted by Gasteiger charge is 2.13. The van der Waals surface area contributed by atoms with E-state index in [1.165, 1.54) is 13.2 Å². The Morgan fingerprint density at radius 1 is 1.25 bits per heavy atom. The quantitative estimate of drug-likeness (QED) is 0.561. The summed E-state index contributed by atoms with van der Waals surface area (Å²) in [5.41, 5.74) is 1.37. The lowest BCUT2D eigenvalue weighted by Gasteiger charge is -2.27. The lowest BCUT2D eigenvalue weighted by molar-refractivity contribution is 0.0600. The molecule has 128 valence electrons. The molecule has 2 rings (SSSR count). The van der Waals surface area contributed by atoms with E-state index >= 15 is 0 Å². The van der Waals surface area contributed by atoms with Gasteiger partial charge in [-0.15, -0.1) is 0 Å². The van der Waals surface area contributed by atoms with Gasteiger partial charge in [-0.05, 0) is 36.2 Å². The highest BCUT2D eigenvalue weighted by atomic mass is 35.5. The molecule has 8 heteroatoms. The van der Waals surface area contributed by atoms with E-state index < -0.39 is 17.2 Å². The van der Waals surface area contributed by atoms with Gasteiger partial charge >= 0.3 is 5.97 Å². The Bertz CT molecular complexity index is 769. The van der Waals surface area contributed by atoms with Crippen molar-refractivity contribution < 1.29 is 18.3 Å². The summed E-state index contributed by atoms with van der Waals surface area (Å²) in [7, 11) is 1.26. The van der Waals surface area contributed by atoms with Gasteiger partial charge < -0.3 is 13.6 Å². The number of hydrogen-bond acceptors (Lipinski definition) is 4. The van der Waals surface area contributed by atoms with Crippen molar-refractivity contribution in [1.29, 1.82) is 0 Å². The molecule has 0 radical (unpaired) electrons. The van der Waals surface area contributed by atoms with Crippen molar-refractivity contribution in [1.82, 2.24) is 0 Å². The summed E-state index contributed by atoms with van der Waals surface area (Å²) in [6.45, 7) is 0.154. The summed E-state index contributed by atoms with van der Waals surface area (Å²) in [4.78, 5) is 11.6. The monoisotopic (exact) mass is 386 g/mol. The van der Waals surface area contributed by atoms with Crippen LogP contribution in [-0.4, -0.2) is 28.4 Å². The van der Waals surface area contributed by atoms with E-state index in [1.54, 1.807) is 36.4 Å². The number of halogens is 2. The number of ether oxygens (including phenoxy) is 1. The minimum Gasteiger partial charge on any atom is -0.755 e. The van der Waals surface area contributed by atoms with Crippen LogP contribution in [0.5, 0.6) is 0 Å². The van der Waals surface area contributed by atoms with E-state index in [1.807, 2.05) is 0 Å². The van der Waals surface area contributed by atoms with Gasteiger partial charge in [0.2, 0.25) is 0 Å². The van der Waals surface area contributed by atoms with E-state index in [2.05, 4.69) is 4.74 Å². The Morgan fingerprint density at radius 3 is 2.62 bits per heavy atom. The number of hydrogen-bond donors (Lipinski definition) is 0. The number of esters is 1. The Morgan fingerprint density at radius 2 is 1.96 bits per heavy atom. The van der Waals surface area contributed by atoms with Crippen molar-refractivity contribution in [3.05, 3.63) is 63.6 Å². The maximum absolute atomic E-state index is 11.6. The van der Waals surface area contributed by atoms with Crippen LogP contribution in [0.15, 0.2) is 42.5 Å². The van der Waals surface area contributed by atoms with Crippen LogP contribution in [-0.2, 0) is 22.4 Å². The third-order valence-electron chi connectivity index (χ3n) is 3.35. The van der Waals surface area contributed by atoms with E-state index in [0.717, 1.165) is 9.87 Å². The van der Waals surface area contributed by atoms with Gasteiger partial charge in [-0.2, -0.15) is 0 Å². The second-order valence-electron chi connectivity index (χ2n) is 4.82. The van der Waals surface area contributed by atoms with Crippen LogP contribution in [0.25, 0.3) is 0 Å². The minimum absolute atomic E-state index is 0.154. The molecule has 0 aliphatic heterocycles. The minimum atomic E-state index is -2.51. The number of methoxy groups -OCH3 is 1. The van der Waals surface area contributed by atoms with Gasteiger partial charge in [-0.1, -0.05) is 41.4 Å². The molecule has 0 saturated carbocycles. The summed E-state index contributed by atoms with van der Waals surface area (Å²) >= 11 is 9.58. The highest BCUT2D eigenvalue weighted by Crippen LogP contribution is 2.27. The molecule has 0 heterocycles. The second-order valence-corrected chi connectivity index (χ2v) is 6.48. The van der Waals surface area contributed by atoms with Crippen molar-refractivity contribution in [2.24, 2.45) is 0 Å². The number of nitrogens with zero attached hydrogens (tertiary/aromatic N) is 1. The van der Waals surface area contributed by atoms with Crippen LogP contribution in [0.4, 0.5) is 5.69 Å². The number of carbonyl (C=O) groups is 1. The molecule has 0 N–H and O–H groups in total. The first kappa shape index (κ1) is 18.7. The van der Waals surface area contributed by atoms with Crippen LogP contribution in [0, 0.1) is 0 Å². The zero-order chi connectivity index (χ0) is 17.7. The standard InChI is InChI=1S/C16H15Cl2NO4S/c1-23-16(20)12-5-2-6-13(10-12)19(24(21)22)9-8-11-4-3-7-14(17)15(11)18/h2-7,10H,8-9H2,1H3,(H,21,22)/p-1. The van der Waals surface area contributed by atoms with Crippen LogP contribution in [0.1, 0.15) is 15.9 Å². The van der Waals surface area contributed by atoms with Crippen molar-refractivity contribution >= 4 is 46.1 Å². The molecule has 0 fully saturated rings. The van der Waals surface area contributed by atoms with Crippen molar-refractivity contribution in [3.8, 4) is 0 Å². The van der Waals surface area contributed by atoms with E-state index in [9.17, 15) is 13.6 Å². The Labute approximate surface area is 152 Å². The fourth-order valence-electron chi connectivity index (χ4n) is 2.16. The fourth-order valence-corrected chi connectivity index (χ4v) is 3.10. The summed E-state index contributed by atoms with van der Waals surface area (Å²) in [5, 5.41) is 0.816. The summed E-state index contributed by atoms with van der Waals surface area (Å²) < 4.78 is 28.9. The number of benzene rings is 2. The molecule has 0 amide bonds. The molecule has 1 atom stereocenters. The maximum atomic E-state index is 11.6. The first-order chi connectivity index (χ1) is 11.4. The molecule has 1 unspecified atom stereocenters. The van der Waals surface area contributed by atoms with E-state index in [-0.39, 0.29) is 12.1 Å². The van der Waals surface area contributed by atoms with Gasteiger partial charge in [0.15, 0.2) is 0 Å². The molecular formula is C16H14Cl2NO4S-. The Balaban J connectivity index is 2.23. The lowest BCUT2D eigenvalue weighted by atomic mass is 10.1. The lowest BCUT2D eigenvalue weighted by Crippen LogP contribution is -2.28. The normalized spacial score (nSPS) is 11.8. The summed E-state index contributed by atoms with van der Waals surface area (Å²) in [6.07, 6.45) is 0.371. The molecule has 2 aromatic carbocycles. The van der Waals surface area contributed by atoms with E-state index in [4.69, 9.17) is 23.2 Å². The SMILES string of the molecule is COC(=O)c1cccc(N(CCc2cccc(Cl)c2Cl)S(=O)[O-])c1. The molecule has 0 aliphatic carbocycles. The number of rotatable bonds is 6. The van der Waals surface area contributed by atoms with E-state index in [0.29, 0.717) is 22.2 Å². The zero-order valence-corrected chi connectivity index (χ0v) is 15.0. The summed E-state index contributed by atoms with van der Waals surface area (Å²) in [6, 6.07) is 11.4. The molecular weight excluding hydrogens is 373 g/mol. The maximum Gasteiger partial charge on any atom is 0.337 e. The molecule has 0 bridgehead atoms. The van der Waals surface area contributed by atoms with Crippen LogP contribution < -0.4 is 4.31 Å². The predicted octanol–water partition coefficient (Wildman–Crippen LogP) is 3.62. The zero-order valence-electron chi connectivity index (χ0n) is 12.7. The molecule has 0 aliphatic rings. The molecule has 0 spiro atoms. The Hall–Kier alpha value is -1.60. The third kappa shape index (κ3) is 4.48. The largest absolute Gasteiger partial charge is 0.755 e. The van der Waals surface area contributed by atoms with Crippen LogP contribution in [0.3, 0.4) is 0 Å². The molecule has 0 aromatic heterocycles. The second kappa shape index (κ2) is 8.48. The van der Waals surface area contributed by atoms with Gasteiger partial charge in [0.1, 0.15) is 0 Å². The van der Waals surface area contributed by atoms with Gasteiger partial charge in [0.25, 0.3) is 0 Å². The number of carbonyl (C=O) groups excluding carboxylic acids is 1. The topological polar surface area (TPSA) is 69.7 Å². The predicted molar refractivity (Wildman–Crippen MR) is 94.2 cm³/mol. The average Bonchev–Trinajstić information content (AvgIpc) is 2.58. The molecule has 0 saturated heterocycles. The third-order valence-corrected chi connectivity index (χ3v) is 4.96. The van der Waals surface area contributed by atoms with Gasteiger partial charge in [-0.25, -0.2) is 4.79 Å². The van der Waals surface area contributed by atoms with Crippen molar-refractivity contribution in [3.63, 3.8) is 0 Å². The number of anilines is 1. The average molecular weight is 387 g/mol. The highest BCUT2D eigenvalue weighted by molar-refractivity contribution is 7.80. The molecule has 5 nitrogen and oxygen atoms in total. The smallest absolute Gasteiger partial charge is 0.337 e. The van der Waals surface area contributed by atoms with Crippen molar-refractivity contribution in [2.75, 3.05) is 18.0 Å². The summed E-state index contributed by atoms with van der Waals surface area (Å²) in [5.74, 6) is -0.536. The first-order valence-electron chi connectivity index (χ1n) is 6.92. The Kier molecular flexibility index (Phi) is 6.62. The fraction of sp³-hybridized carbons (Fsp3) is 0.188. The van der Waals surface area contributed by atoms with Crippen LogP contribution in [0.2, 0.25) is 10.0 Å².